The lowest BCUT2D eigenvalue weighted by Gasteiger charge is -2.26. The maximum atomic E-state index is 11.7. The van der Waals surface area contributed by atoms with Crippen LogP contribution in [-0.4, -0.2) is 37.4 Å². The third-order valence-corrected chi connectivity index (χ3v) is 3.17. The lowest BCUT2D eigenvalue weighted by Crippen LogP contribution is -2.46. The lowest BCUT2D eigenvalue weighted by molar-refractivity contribution is -0.146. The molecule has 2 atom stereocenters. The van der Waals surface area contributed by atoms with Crippen molar-refractivity contribution in [1.82, 2.24) is 5.32 Å². The molecule has 0 aromatic carbocycles. The van der Waals surface area contributed by atoms with Crippen molar-refractivity contribution in [2.45, 2.75) is 58.1 Å². The molecule has 0 radical (unpaired) electrons. The Balaban J connectivity index is 2.40. The summed E-state index contributed by atoms with van der Waals surface area (Å²) in [5, 5.41) is 3.29. The normalized spacial score (nSPS) is 25.8. The molecule has 0 aromatic heterocycles. The molecule has 1 saturated heterocycles. The third-order valence-electron chi connectivity index (χ3n) is 3.17. The first kappa shape index (κ1) is 14.5. The summed E-state index contributed by atoms with van der Waals surface area (Å²) >= 11 is 0. The van der Waals surface area contributed by atoms with Crippen LogP contribution in [0.5, 0.6) is 0 Å². The summed E-state index contributed by atoms with van der Waals surface area (Å²) in [4.78, 5) is 11.7. The van der Waals surface area contributed by atoms with E-state index >= 15 is 0 Å². The molecule has 0 bridgehead atoms. The number of carbonyl (C=O) groups is 1. The molecule has 1 aliphatic heterocycles. The van der Waals surface area contributed by atoms with Gasteiger partial charge in [0.1, 0.15) is 6.04 Å². The van der Waals surface area contributed by atoms with E-state index in [1.807, 2.05) is 6.92 Å². The summed E-state index contributed by atoms with van der Waals surface area (Å²) in [6.45, 7) is 7.99. The highest BCUT2D eigenvalue weighted by Gasteiger charge is 2.31. The minimum absolute atomic E-state index is 0.113. The van der Waals surface area contributed by atoms with Gasteiger partial charge in [-0.3, -0.25) is 4.79 Å². The highest BCUT2D eigenvalue weighted by Crippen LogP contribution is 2.24. The van der Waals surface area contributed by atoms with Crippen LogP contribution in [0, 0.1) is 0 Å². The van der Waals surface area contributed by atoms with Crippen LogP contribution in [0.15, 0.2) is 0 Å². The van der Waals surface area contributed by atoms with Gasteiger partial charge in [-0.2, -0.15) is 0 Å². The maximum Gasteiger partial charge on any atom is 0.323 e. The van der Waals surface area contributed by atoms with E-state index in [2.05, 4.69) is 19.2 Å². The first-order valence-electron chi connectivity index (χ1n) is 6.65. The van der Waals surface area contributed by atoms with Crippen LogP contribution in [0.2, 0.25) is 0 Å². The van der Waals surface area contributed by atoms with Crippen molar-refractivity contribution in [1.29, 1.82) is 0 Å². The van der Waals surface area contributed by atoms with Crippen LogP contribution in [0.4, 0.5) is 0 Å². The Bertz CT molecular complexity index is 237. The number of hydrogen-bond acceptors (Lipinski definition) is 4. The zero-order valence-corrected chi connectivity index (χ0v) is 11.3. The fraction of sp³-hybridized carbons (Fsp3) is 0.923. The van der Waals surface area contributed by atoms with E-state index in [1.54, 1.807) is 0 Å². The van der Waals surface area contributed by atoms with Crippen molar-refractivity contribution in [3.05, 3.63) is 0 Å². The fourth-order valence-corrected chi connectivity index (χ4v) is 2.15. The number of esters is 1. The van der Waals surface area contributed by atoms with Crippen molar-refractivity contribution < 1.29 is 14.3 Å². The van der Waals surface area contributed by atoms with E-state index in [-0.39, 0.29) is 17.6 Å². The van der Waals surface area contributed by atoms with E-state index in [1.165, 1.54) is 0 Å². The van der Waals surface area contributed by atoms with Crippen LogP contribution in [0.25, 0.3) is 0 Å². The second-order valence-electron chi connectivity index (χ2n) is 4.88. The molecule has 4 heteroatoms. The highest BCUT2D eigenvalue weighted by atomic mass is 16.5. The smallest absolute Gasteiger partial charge is 0.323 e. The van der Waals surface area contributed by atoms with Crippen molar-refractivity contribution in [3.63, 3.8) is 0 Å². The van der Waals surface area contributed by atoms with Crippen LogP contribution < -0.4 is 5.32 Å². The highest BCUT2D eigenvalue weighted by molar-refractivity contribution is 5.75. The Labute approximate surface area is 104 Å². The van der Waals surface area contributed by atoms with Gasteiger partial charge in [0.25, 0.3) is 0 Å². The van der Waals surface area contributed by atoms with Gasteiger partial charge in [0.2, 0.25) is 0 Å². The Morgan fingerprint density at radius 2 is 2.29 bits per heavy atom. The van der Waals surface area contributed by atoms with Gasteiger partial charge in [-0.25, -0.2) is 0 Å². The second-order valence-corrected chi connectivity index (χ2v) is 4.88. The number of ether oxygens (including phenoxy) is 2. The van der Waals surface area contributed by atoms with Gasteiger partial charge in [-0.1, -0.05) is 13.3 Å². The SMILES string of the molecule is CCCC(NCC1(C)CCCO1)C(=O)OCC. The Hall–Kier alpha value is -0.610. The van der Waals surface area contributed by atoms with Crippen molar-refractivity contribution in [2.75, 3.05) is 19.8 Å². The minimum atomic E-state index is -0.194. The molecule has 0 saturated carbocycles. The Morgan fingerprint density at radius 3 is 2.82 bits per heavy atom. The van der Waals surface area contributed by atoms with Crippen molar-refractivity contribution in [3.8, 4) is 0 Å². The Kier molecular flexibility index (Phi) is 5.92. The zero-order valence-electron chi connectivity index (χ0n) is 11.3. The lowest BCUT2D eigenvalue weighted by atomic mass is 10.0. The van der Waals surface area contributed by atoms with E-state index in [4.69, 9.17) is 9.47 Å². The average Bonchev–Trinajstić information content (AvgIpc) is 2.72. The summed E-state index contributed by atoms with van der Waals surface area (Å²) in [5.74, 6) is -0.143. The molecule has 0 spiro atoms. The molecule has 1 heterocycles. The van der Waals surface area contributed by atoms with E-state index in [0.29, 0.717) is 6.61 Å². The number of rotatable bonds is 7. The summed E-state index contributed by atoms with van der Waals surface area (Å²) in [7, 11) is 0. The topological polar surface area (TPSA) is 47.6 Å². The van der Waals surface area contributed by atoms with Crippen LogP contribution >= 0.6 is 0 Å². The van der Waals surface area contributed by atoms with Gasteiger partial charge >= 0.3 is 5.97 Å². The molecule has 1 fully saturated rings. The van der Waals surface area contributed by atoms with E-state index < -0.39 is 0 Å². The van der Waals surface area contributed by atoms with Gasteiger partial charge in [0, 0.05) is 13.2 Å². The summed E-state index contributed by atoms with van der Waals surface area (Å²) in [6.07, 6.45) is 3.95. The molecule has 0 aromatic rings. The van der Waals surface area contributed by atoms with Crippen molar-refractivity contribution in [2.24, 2.45) is 0 Å². The van der Waals surface area contributed by atoms with Gasteiger partial charge in [-0.05, 0) is 33.1 Å². The van der Waals surface area contributed by atoms with E-state index in [0.717, 1.165) is 38.8 Å². The quantitative estimate of drug-likeness (QED) is 0.694. The van der Waals surface area contributed by atoms with Crippen LogP contribution in [0.1, 0.15) is 46.5 Å². The van der Waals surface area contributed by atoms with Gasteiger partial charge in [0.15, 0.2) is 0 Å². The van der Waals surface area contributed by atoms with E-state index in [9.17, 15) is 4.79 Å². The molecule has 100 valence electrons. The zero-order chi connectivity index (χ0) is 12.7. The average molecular weight is 243 g/mol. The molecule has 0 amide bonds. The molecular weight excluding hydrogens is 218 g/mol. The maximum absolute atomic E-state index is 11.7. The third kappa shape index (κ3) is 4.64. The molecule has 1 aliphatic rings. The number of nitrogens with one attached hydrogen (secondary N) is 1. The first-order chi connectivity index (χ1) is 8.11. The van der Waals surface area contributed by atoms with Gasteiger partial charge < -0.3 is 14.8 Å². The largest absolute Gasteiger partial charge is 0.465 e. The predicted molar refractivity (Wildman–Crippen MR) is 66.9 cm³/mol. The van der Waals surface area contributed by atoms with Crippen molar-refractivity contribution >= 4 is 5.97 Å². The van der Waals surface area contributed by atoms with Crippen LogP contribution in [-0.2, 0) is 14.3 Å². The molecule has 2 unspecified atom stereocenters. The summed E-state index contributed by atoms with van der Waals surface area (Å²) in [5.41, 5.74) is -0.113. The summed E-state index contributed by atoms with van der Waals surface area (Å²) in [6, 6.07) is -0.194. The molecular formula is C13H25NO3. The molecule has 4 nitrogen and oxygen atoms in total. The summed E-state index contributed by atoms with van der Waals surface area (Å²) < 4.78 is 10.8. The predicted octanol–water partition coefficient (Wildman–Crippen LogP) is 1.88. The molecule has 1 N–H and O–H groups in total. The Morgan fingerprint density at radius 1 is 1.53 bits per heavy atom. The van der Waals surface area contributed by atoms with Gasteiger partial charge in [0.05, 0.1) is 12.2 Å². The first-order valence-corrected chi connectivity index (χ1v) is 6.65. The standard InChI is InChI=1S/C13H25NO3/c1-4-7-11(12(15)16-5-2)14-10-13(3)8-6-9-17-13/h11,14H,4-10H2,1-3H3. The fourth-order valence-electron chi connectivity index (χ4n) is 2.15. The molecule has 1 rings (SSSR count). The minimum Gasteiger partial charge on any atom is -0.465 e. The number of hydrogen-bond donors (Lipinski definition) is 1. The van der Waals surface area contributed by atoms with Crippen LogP contribution in [0.3, 0.4) is 0 Å². The monoisotopic (exact) mass is 243 g/mol. The second kappa shape index (κ2) is 6.97. The number of carbonyl (C=O) groups excluding carboxylic acids is 1. The molecule has 17 heavy (non-hydrogen) atoms. The van der Waals surface area contributed by atoms with Gasteiger partial charge in [-0.15, -0.1) is 0 Å². The molecule has 0 aliphatic carbocycles.